The molecule has 10 N–H and O–H groups in total. The lowest BCUT2D eigenvalue weighted by molar-refractivity contribution is 0.0690. The fraction of sp³-hybridized carbons (Fsp3) is 0.150. The van der Waals surface area contributed by atoms with Gasteiger partial charge in [-0.1, -0.05) is 24.3 Å². The molecular formula is C40H40N14O5. The number of nitrogens with one attached hydrogen (secondary N) is 3. The van der Waals surface area contributed by atoms with E-state index in [2.05, 4.69) is 45.9 Å². The van der Waals surface area contributed by atoms with Gasteiger partial charge < -0.3 is 48.1 Å². The van der Waals surface area contributed by atoms with Crippen LogP contribution in [0.15, 0.2) is 97.8 Å². The summed E-state index contributed by atoms with van der Waals surface area (Å²) in [6.07, 6.45) is 9.26. The zero-order valence-electron chi connectivity index (χ0n) is 32.0. The molecule has 7 rings (SSSR count). The molecule has 19 heteroatoms. The van der Waals surface area contributed by atoms with Crippen molar-refractivity contribution >= 4 is 58.1 Å². The molecule has 0 spiro atoms. The number of rotatable bonds is 7. The predicted molar refractivity (Wildman–Crippen MR) is 223 cm³/mol. The van der Waals surface area contributed by atoms with Crippen LogP contribution >= 0.6 is 0 Å². The summed E-state index contributed by atoms with van der Waals surface area (Å²) < 4.78 is 0. The second kappa shape index (κ2) is 18.2. The summed E-state index contributed by atoms with van der Waals surface area (Å²) in [7, 11) is 3.74. The van der Waals surface area contributed by atoms with E-state index in [0.717, 1.165) is 11.4 Å². The Balaban J connectivity index is 0.000000198. The van der Waals surface area contributed by atoms with Crippen molar-refractivity contribution in [2.45, 2.75) is 0 Å². The van der Waals surface area contributed by atoms with Gasteiger partial charge in [0.15, 0.2) is 23.0 Å². The molecule has 2 aromatic carbocycles. The van der Waals surface area contributed by atoms with E-state index in [1.54, 1.807) is 85.5 Å². The molecule has 0 unspecified atom stereocenters. The maximum atomic E-state index is 12.9. The van der Waals surface area contributed by atoms with Gasteiger partial charge in [0, 0.05) is 74.9 Å². The van der Waals surface area contributed by atoms with E-state index < -0.39 is 11.9 Å². The van der Waals surface area contributed by atoms with Gasteiger partial charge in [0.25, 0.3) is 17.7 Å². The standard InChI is InChI=1S/C20H21N7O3.C20H19N7O2/c1-27(16-5-6-23-10-14(16)21)8-7-24-19(28)13-4-2-3-12(9-13)15-11-25-18(22)17(26-15)20(29)30;1-27-8-7-23-19(28)13-4-2-3-12(9-13)14-11-24-18(21)17(25-14)20(29)26-15-10-22-6-5-16(15)27/h2-6,9-11H,7-8,21H2,1H3,(H2,22,25)(H,24,28)(H,29,30);2-6,9-11H,7-8H2,1H3,(H2,21,24)(H,23,28)(H,26,29). The number of pyridine rings is 2. The number of fused-ring (bicyclic) bond motifs is 6. The lowest BCUT2D eigenvalue weighted by Gasteiger charge is -2.22. The number of aromatic nitrogens is 6. The highest BCUT2D eigenvalue weighted by Crippen LogP contribution is 2.26. The quantitative estimate of drug-likeness (QED) is 0.122. The number of likely N-dealkylation sites (N-methyl/N-ethyl adjacent to an activating group) is 2. The fourth-order valence-electron chi connectivity index (χ4n) is 5.90. The second-order valence-corrected chi connectivity index (χ2v) is 13.1. The van der Waals surface area contributed by atoms with Gasteiger partial charge in [0.1, 0.15) is 0 Å². The summed E-state index contributed by atoms with van der Waals surface area (Å²) in [5.74, 6) is -2.37. The van der Waals surface area contributed by atoms with E-state index in [4.69, 9.17) is 22.3 Å². The van der Waals surface area contributed by atoms with Gasteiger partial charge in [-0.3, -0.25) is 24.4 Å². The number of carboxylic acids is 1. The Hall–Kier alpha value is -8.22. The normalized spacial score (nSPS) is 12.3. The molecule has 0 saturated carbocycles. The van der Waals surface area contributed by atoms with Crippen molar-refractivity contribution in [3.8, 4) is 22.5 Å². The highest BCUT2D eigenvalue weighted by atomic mass is 16.4. The molecule has 59 heavy (non-hydrogen) atoms. The van der Waals surface area contributed by atoms with Crippen molar-refractivity contribution in [2.75, 3.05) is 72.6 Å². The number of hydrogen-bond donors (Lipinski definition) is 7. The Labute approximate surface area is 337 Å². The van der Waals surface area contributed by atoms with E-state index in [-0.39, 0.29) is 34.8 Å². The highest BCUT2D eigenvalue weighted by molar-refractivity contribution is 6.07. The fourth-order valence-corrected chi connectivity index (χ4v) is 5.90. The average Bonchev–Trinajstić information content (AvgIpc) is 3.24. The first-order valence-electron chi connectivity index (χ1n) is 18.0. The van der Waals surface area contributed by atoms with Crippen LogP contribution in [0.5, 0.6) is 0 Å². The van der Waals surface area contributed by atoms with Crippen LogP contribution in [0.1, 0.15) is 41.7 Å². The molecule has 1 aliphatic heterocycles. The lowest BCUT2D eigenvalue weighted by Crippen LogP contribution is -2.33. The number of nitrogens with two attached hydrogens (primary N) is 3. The van der Waals surface area contributed by atoms with Crippen LogP contribution in [0.3, 0.4) is 0 Å². The molecule has 1 aliphatic rings. The van der Waals surface area contributed by atoms with Crippen molar-refractivity contribution in [1.29, 1.82) is 0 Å². The number of hydrogen-bond acceptors (Lipinski definition) is 15. The van der Waals surface area contributed by atoms with Crippen LogP contribution in [0.25, 0.3) is 22.5 Å². The first-order chi connectivity index (χ1) is 28.4. The van der Waals surface area contributed by atoms with Gasteiger partial charge >= 0.3 is 5.97 Å². The summed E-state index contributed by atoms with van der Waals surface area (Å²) >= 11 is 0. The average molecular weight is 797 g/mol. The number of aromatic carboxylic acids is 1. The van der Waals surface area contributed by atoms with Gasteiger partial charge in [0.05, 0.1) is 58.9 Å². The van der Waals surface area contributed by atoms with Crippen molar-refractivity contribution in [3.05, 3.63) is 120 Å². The number of nitrogens with zero attached hydrogens (tertiary/aromatic N) is 8. The molecule has 4 bridgehead atoms. The Morgan fingerprint density at radius 3 is 2.29 bits per heavy atom. The molecule has 4 aromatic heterocycles. The van der Waals surface area contributed by atoms with Crippen LogP contribution < -0.4 is 43.0 Å². The molecule has 3 amide bonds. The van der Waals surface area contributed by atoms with E-state index in [0.29, 0.717) is 71.2 Å². The Kier molecular flexibility index (Phi) is 12.4. The number of carbonyl (C=O) groups excluding carboxylic acids is 3. The third-order valence-electron chi connectivity index (χ3n) is 9.02. The number of amides is 3. The second-order valence-electron chi connectivity index (χ2n) is 13.1. The van der Waals surface area contributed by atoms with Gasteiger partial charge in [-0.25, -0.2) is 24.7 Å². The van der Waals surface area contributed by atoms with Crippen molar-refractivity contribution < 1.29 is 24.3 Å². The summed E-state index contributed by atoms with van der Waals surface area (Å²) in [6, 6.07) is 17.2. The summed E-state index contributed by atoms with van der Waals surface area (Å²) in [5, 5.41) is 17.7. The first-order valence-corrected chi connectivity index (χ1v) is 18.0. The SMILES string of the molecule is CN(CCNC(=O)c1cccc(-c2cnc(N)c(C(=O)O)n2)c1)c1ccncc1N.CN1CCNC(=O)c2cccc(c2)-c2cnc(N)c(n2)C(=O)Nc2cnccc21. The Morgan fingerprint density at radius 2 is 1.53 bits per heavy atom. The van der Waals surface area contributed by atoms with Crippen LogP contribution in [-0.2, 0) is 0 Å². The monoisotopic (exact) mass is 796 g/mol. The number of carbonyl (C=O) groups is 4. The summed E-state index contributed by atoms with van der Waals surface area (Å²) in [4.78, 5) is 77.4. The molecule has 0 radical (unpaired) electrons. The van der Waals surface area contributed by atoms with Gasteiger partial charge in [-0.15, -0.1) is 0 Å². The van der Waals surface area contributed by atoms with Crippen molar-refractivity contribution in [1.82, 2.24) is 40.5 Å². The van der Waals surface area contributed by atoms with Crippen LogP contribution in [-0.4, -0.2) is 99.0 Å². The minimum absolute atomic E-state index is 0.00434. The van der Waals surface area contributed by atoms with Crippen molar-refractivity contribution in [3.63, 3.8) is 0 Å². The number of carboxylic acid groups (broad SMARTS) is 1. The van der Waals surface area contributed by atoms with E-state index in [9.17, 15) is 19.2 Å². The molecule has 0 fully saturated rings. The minimum Gasteiger partial charge on any atom is -0.476 e. The smallest absolute Gasteiger partial charge is 0.358 e. The Bertz CT molecular complexity index is 2530. The number of benzene rings is 2. The third-order valence-corrected chi connectivity index (χ3v) is 9.02. The summed E-state index contributed by atoms with van der Waals surface area (Å²) in [5.41, 5.74) is 22.6. The third kappa shape index (κ3) is 9.78. The van der Waals surface area contributed by atoms with Crippen LogP contribution in [0.4, 0.5) is 34.4 Å². The molecule has 300 valence electrons. The van der Waals surface area contributed by atoms with Crippen molar-refractivity contribution in [2.24, 2.45) is 0 Å². The molecule has 6 aromatic rings. The van der Waals surface area contributed by atoms with Crippen LogP contribution in [0, 0.1) is 0 Å². The van der Waals surface area contributed by atoms with Crippen LogP contribution in [0.2, 0.25) is 0 Å². The molecule has 19 nitrogen and oxygen atoms in total. The topological polar surface area (TPSA) is 286 Å². The summed E-state index contributed by atoms with van der Waals surface area (Å²) in [6.45, 7) is 1.90. The van der Waals surface area contributed by atoms with E-state index in [1.807, 2.05) is 23.9 Å². The maximum absolute atomic E-state index is 12.9. The zero-order valence-corrected chi connectivity index (χ0v) is 32.0. The maximum Gasteiger partial charge on any atom is 0.358 e. The van der Waals surface area contributed by atoms with E-state index >= 15 is 0 Å². The number of nitrogen functional groups attached to an aromatic ring is 3. The largest absolute Gasteiger partial charge is 0.476 e. The zero-order chi connectivity index (χ0) is 42.1. The van der Waals surface area contributed by atoms with E-state index in [1.165, 1.54) is 12.4 Å². The number of anilines is 6. The minimum atomic E-state index is -1.27. The van der Waals surface area contributed by atoms with Gasteiger partial charge in [-0.05, 0) is 36.4 Å². The molecule has 0 saturated heterocycles. The highest BCUT2D eigenvalue weighted by Gasteiger charge is 2.20. The van der Waals surface area contributed by atoms with Gasteiger partial charge in [0.2, 0.25) is 0 Å². The molecule has 5 heterocycles. The van der Waals surface area contributed by atoms with Gasteiger partial charge in [-0.2, -0.15) is 0 Å². The lowest BCUT2D eigenvalue weighted by atomic mass is 10.1. The molecule has 0 atom stereocenters. The molecule has 0 aliphatic carbocycles. The predicted octanol–water partition coefficient (Wildman–Crippen LogP) is 2.82. The first kappa shape index (κ1) is 40.4. The molecular weight excluding hydrogens is 757 g/mol. The Morgan fingerprint density at radius 1 is 0.847 bits per heavy atom.